The lowest BCUT2D eigenvalue weighted by atomic mass is 10.2. The molecule has 0 spiro atoms. The van der Waals surface area contributed by atoms with Gasteiger partial charge in [-0.1, -0.05) is 0 Å². The third kappa shape index (κ3) is 1.83. The van der Waals surface area contributed by atoms with Crippen molar-refractivity contribution in [3.63, 3.8) is 0 Å². The van der Waals surface area contributed by atoms with Crippen molar-refractivity contribution in [1.29, 1.82) is 0 Å². The van der Waals surface area contributed by atoms with Crippen LogP contribution >= 0.6 is 11.3 Å². The summed E-state index contributed by atoms with van der Waals surface area (Å²) in [5, 5.41) is 5.91. The van der Waals surface area contributed by atoms with E-state index >= 15 is 0 Å². The van der Waals surface area contributed by atoms with Crippen LogP contribution in [0, 0.1) is 6.92 Å². The molecule has 2 aromatic rings. The second-order valence-electron chi connectivity index (χ2n) is 3.48. The second kappa shape index (κ2) is 4.05. The summed E-state index contributed by atoms with van der Waals surface area (Å²) in [4.78, 5) is 16.6. The zero-order valence-corrected chi connectivity index (χ0v) is 10.2. The van der Waals surface area contributed by atoms with Crippen LogP contribution in [0.5, 0.6) is 0 Å². The van der Waals surface area contributed by atoms with Gasteiger partial charge in [0, 0.05) is 31.4 Å². The second-order valence-corrected chi connectivity index (χ2v) is 4.35. The number of carbonyl (C=O) groups is 1. The topological polar surface area (TPSA) is 52.2 Å². The zero-order valence-electron chi connectivity index (χ0n) is 9.34. The molecule has 0 unspecified atom stereocenters. The van der Waals surface area contributed by atoms with E-state index in [-0.39, 0.29) is 5.91 Å². The molecule has 2 aromatic heterocycles. The molecular formula is C10H12N4OS. The minimum atomic E-state index is -0.247. The van der Waals surface area contributed by atoms with Crippen molar-refractivity contribution >= 4 is 17.2 Å². The summed E-state index contributed by atoms with van der Waals surface area (Å²) in [6.07, 6.45) is 3.42. The Hall–Kier alpha value is -1.69. The van der Waals surface area contributed by atoms with Crippen LogP contribution in [0.1, 0.15) is 16.1 Å². The smallest absolute Gasteiger partial charge is 0.283 e. The summed E-state index contributed by atoms with van der Waals surface area (Å²) in [5.74, 6) is -0.247. The Labute approximate surface area is 96.7 Å². The van der Waals surface area contributed by atoms with Gasteiger partial charge in [0.1, 0.15) is 0 Å². The average Bonchev–Trinajstić information content (AvgIpc) is 2.77. The van der Waals surface area contributed by atoms with Crippen LogP contribution in [0.25, 0.3) is 0 Å². The molecule has 0 saturated carbocycles. The Morgan fingerprint density at radius 2 is 2.25 bits per heavy atom. The van der Waals surface area contributed by atoms with Gasteiger partial charge in [-0.15, -0.1) is 11.3 Å². The molecule has 0 bridgehead atoms. The lowest BCUT2D eigenvalue weighted by Gasteiger charge is -1.95. The van der Waals surface area contributed by atoms with Gasteiger partial charge in [-0.25, -0.2) is 0 Å². The van der Waals surface area contributed by atoms with E-state index in [0.717, 1.165) is 5.69 Å². The highest BCUT2D eigenvalue weighted by Gasteiger charge is 2.11. The van der Waals surface area contributed by atoms with Gasteiger partial charge < -0.3 is 4.57 Å². The SMILES string of the molecule is Cc1c(C(=O)N=c2sccn2C)cnn1C. The van der Waals surface area contributed by atoms with Crippen LogP contribution in [0.4, 0.5) is 0 Å². The molecule has 6 heteroatoms. The van der Waals surface area contributed by atoms with Gasteiger partial charge in [0.15, 0.2) is 4.80 Å². The highest BCUT2D eigenvalue weighted by Crippen LogP contribution is 2.06. The number of thiazole rings is 1. The first-order chi connectivity index (χ1) is 7.59. The maximum atomic E-state index is 11.9. The molecular weight excluding hydrogens is 224 g/mol. The van der Waals surface area contributed by atoms with Crippen LogP contribution in [0.2, 0.25) is 0 Å². The van der Waals surface area contributed by atoms with Crippen LogP contribution in [0.3, 0.4) is 0 Å². The predicted octanol–water partition coefficient (Wildman–Crippen LogP) is 0.870. The number of aryl methyl sites for hydroxylation is 2. The molecule has 0 saturated heterocycles. The van der Waals surface area contributed by atoms with E-state index in [1.165, 1.54) is 11.3 Å². The lowest BCUT2D eigenvalue weighted by Crippen LogP contribution is -2.13. The number of carbonyl (C=O) groups excluding carboxylic acids is 1. The highest BCUT2D eigenvalue weighted by atomic mass is 32.1. The molecule has 1 amide bonds. The molecule has 0 aliphatic heterocycles. The largest absolute Gasteiger partial charge is 0.327 e. The van der Waals surface area contributed by atoms with Crippen LogP contribution < -0.4 is 4.80 Å². The first-order valence-electron chi connectivity index (χ1n) is 4.77. The Bertz CT molecular complexity index is 590. The van der Waals surface area contributed by atoms with Crippen molar-refractivity contribution in [2.24, 2.45) is 19.1 Å². The maximum absolute atomic E-state index is 11.9. The molecule has 0 fully saturated rings. The van der Waals surface area contributed by atoms with Gasteiger partial charge in [0.2, 0.25) is 0 Å². The molecule has 0 N–H and O–H groups in total. The van der Waals surface area contributed by atoms with E-state index in [2.05, 4.69) is 10.1 Å². The minimum Gasteiger partial charge on any atom is -0.327 e. The monoisotopic (exact) mass is 236 g/mol. The Morgan fingerprint density at radius 3 is 2.75 bits per heavy atom. The molecule has 2 rings (SSSR count). The Morgan fingerprint density at radius 1 is 1.50 bits per heavy atom. The average molecular weight is 236 g/mol. The molecule has 0 atom stereocenters. The van der Waals surface area contributed by atoms with Crippen molar-refractivity contribution in [2.75, 3.05) is 0 Å². The van der Waals surface area contributed by atoms with Crippen molar-refractivity contribution in [3.05, 3.63) is 33.8 Å². The van der Waals surface area contributed by atoms with Crippen molar-refractivity contribution in [2.45, 2.75) is 6.92 Å². The number of amides is 1. The first-order valence-corrected chi connectivity index (χ1v) is 5.65. The van der Waals surface area contributed by atoms with Crippen molar-refractivity contribution < 1.29 is 4.79 Å². The van der Waals surface area contributed by atoms with Crippen LogP contribution in [0.15, 0.2) is 22.8 Å². The number of nitrogens with zero attached hydrogens (tertiary/aromatic N) is 4. The normalized spacial score (nSPS) is 12.1. The fourth-order valence-corrected chi connectivity index (χ4v) is 2.02. The molecule has 16 heavy (non-hydrogen) atoms. The lowest BCUT2D eigenvalue weighted by molar-refractivity contribution is 0.0997. The van der Waals surface area contributed by atoms with E-state index < -0.39 is 0 Å². The van der Waals surface area contributed by atoms with Crippen LogP contribution in [-0.4, -0.2) is 20.3 Å². The van der Waals surface area contributed by atoms with Gasteiger partial charge in [-0.3, -0.25) is 9.48 Å². The third-order valence-electron chi connectivity index (χ3n) is 2.42. The van der Waals surface area contributed by atoms with E-state index in [4.69, 9.17) is 0 Å². The summed E-state index contributed by atoms with van der Waals surface area (Å²) in [7, 11) is 3.66. The van der Waals surface area contributed by atoms with E-state index in [0.29, 0.717) is 10.4 Å². The summed E-state index contributed by atoms with van der Waals surface area (Å²) >= 11 is 1.43. The molecule has 0 aromatic carbocycles. The summed E-state index contributed by atoms with van der Waals surface area (Å²) in [6, 6.07) is 0. The van der Waals surface area contributed by atoms with E-state index in [9.17, 15) is 4.79 Å². The van der Waals surface area contributed by atoms with E-state index in [1.54, 1.807) is 17.9 Å². The minimum absolute atomic E-state index is 0.247. The molecule has 2 heterocycles. The molecule has 0 radical (unpaired) electrons. The summed E-state index contributed by atoms with van der Waals surface area (Å²) in [5.41, 5.74) is 1.38. The maximum Gasteiger partial charge on any atom is 0.283 e. The standard InChI is InChI=1S/C10H12N4OS/c1-7-8(6-11-14(7)3)9(15)12-10-13(2)4-5-16-10/h4-6H,1-3H3. The van der Waals surface area contributed by atoms with Gasteiger partial charge in [-0.05, 0) is 6.92 Å². The fourth-order valence-electron chi connectivity index (χ4n) is 1.29. The van der Waals surface area contributed by atoms with Gasteiger partial charge in [-0.2, -0.15) is 10.1 Å². The number of hydrogen-bond acceptors (Lipinski definition) is 3. The van der Waals surface area contributed by atoms with Gasteiger partial charge >= 0.3 is 0 Å². The molecule has 0 aliphatic rings. The number of rotatable bonds is 1. The Kier molecular flexibility index (Phi) is 2.74. The number of hydrogen-bond donors (Lipinski definition) is 0. The Balaban J connectivity index is 2.42. The third-order valence-corrected chi connectivity index (χ3v) is 3.27. The molecule has 0 aliphatic carbocycles. The zero-order chi connectivity index (χ0) is 11.7. The highest BCUT2D eigenvalue weighted by molar-refractivity contribution is 7.07. The summed E-state index contributed by atoms with van der Waals surface area (Å²) in [6.45, 7) is 1.85. The van der Waals surface area contributed by atoms with Crippen molar-refractivity contribution in [3.8, 4) is 0 Å². The molecule has 84 valence electrons. The predicted molar refractivity (Wildman–Crippen MR) is 61.1 cm³/mol. The quantitative estimate of drug-likeness (QED) is 0.737. The number of aromatic nitrogens is 3. The van der Waals surface area contributed by atoms with E-state index in [1.807, 2.05) is 30.1 Å². The van der Waals surface area contributed by atoms with Gasteiger partial charge in [0.25, 0.3) is 5.91 Å². The van der Waals surface area contributed by atoms with Crippen LogP contribution in [-0.2, 0) is 14.1 Å². The fraction of sp³-hybridized carbons (Fsp3) is 0.300. The first kappa shape index (κ1) is 10.8. The summed E-state index contributed by atoms with van der Waals surface area (Å²) < 4.78 is 3.48. The van der Waals surface area contributed by atoms with Crippen molar-refractivity contribution in [1.82, 2.24) is 14.3 Å². The van der Waals surface area contributed by atoms with Gasteiger partial charge in [0.05, 0.1) is 11.8 Å². The molecule has 5 nitrogen and oxygen atoms in total.